The molecule has 0 rings (SSSR count). The van der Waals surface area contributed by atoms with Crippen LogP contribution in [0, 0.1) is 23.2 Å². The average molecular weight is 209 g/mol. The van der Waals surface area contributed by atoms with E-state index in [0.29, 0.717) is 6.61 Å². The summed E-state index contributed by atoms with van der Waals surface area (Å²) in [5.74, 6) is 5.05. The highest BCUT2D eigenvalue weighted by atomic mass is 16.7. The van der Waals surface area contributed by atoms with Crippen molar-refractivity contribution in [3.8, 4) is 17.9 Å². The van der Waals surface area contributed by atoms with Crippen LogP contribution >= 0.6 is 0 Å². The normalized spacial score (nSPS) is 12.5. The van der Waals surface area contributed by atoms with E-state index in [1.807, 2.05) is 20.8 Å². The second-order valence-electron chi connectivity index (χ2n) is 3.78. The molecular formula is C12H19NO2. The highest BCUT2D eigenvalue weighted by Gasteiger charge is 2.18. The molecule has 0 saturated heterocycles. The average Bonchev–Trinajstić information content (AvgIpc) is 2.14. The second kappa shape index (κ2) is 7.29. The zero-order valence-corrected chi connectivity index (χ0v) is 9.96. The third kappa shape index (κ3) is 8.00. The van der Waals surface area contributed by atoms with Crippen molar-refractivity contribution in [1.82, 2.24) is 0 Å². The van der Waals surface area contributed by atoms with E-state index in [9.17, 15) is 0 Å². The summed E-state index contributed by atoms with van der Waals surface area (Å²) in [6, 6.07) is 1.77. The predicted molar refractivity (Wildman–Crippen MR) is 58.9 cm³/mol. The van der Waals surface area contributed by atoms with E-state index in [-0.39, 0.29) is 6.29 Å². The van der Waals surface area contributed by atoms with E-state index >= 15 is 0 Å². The van der Waals surface area contributed by atoms with Gasteiger partial charge >= 0.3 is 0 Å². The van der Waals surface area contributed by atoms with Gasteiger partial charge in [0.1, 0.15) is 5.60 Å². The van der Waals surface area contributed by atoms with Crippen molar-refractivity contribution in [1.29, 1.82) is 5.26 Å². The summed E-state index contributed by atoms with van der Waals surface area (Å²) < 4.78 is 11.0. The fraction of sp³-hybridized carbons (Fsp3) is 0.750. The smallest absolute Gasteiger partial charge is 0.156 e. The molecule has 0 heterocycles. The van der Waals surface area contributed by atoms with Crippen LogP contribution in [-0.2, 0) is 9.47 Å². The summed E-state index contributed by atoms with van der Waals surface area (Å²) in [5, 5.41) is 8.33. The van der Waals surface area contributed by atoms with Gasteiger partial charge in [0, 0.05) is 12.5 Å². The van der Waals surface area contributed by atoms with Gasteiger partial charge in [0.2, 0.25) is 0 Å². The van der Waals surface area contributed by atoms with Crippen LogP contribution in [-0.4, -0.2) is 18.5 Å². The first kappa shape index (κ1) is 14.0. The lowest BCUT2D eigenvalue weighted by molar-refractivity contribution is -0.172. The first-order valence-electron chi connectivity index (χ1n) is 5.22. The fourth-order valence-corrected chi connectivity index (χ4v) is 1.05. The van der Waals surface area contributed by atoms with Crippen LogP contribution in [0.15, 0.2) is 0 Å². The van der Waals surface area contributed by atoms with Crippen molar-refractivity contribution in [2.24, 2.45) is 0 Å². The number of nitriles is 1. The summed E-state index contributed by atoms with van der Waals surface area (Å²) in [5.41, 5.74) is -0.638. The van der Waals surface area contributed by atoms with E-state index in [4.69, 9.17) is 14.7 Å². The van der Waals surface area contributed by atoms with Crippen molar-refractivity contribution in [3.63, 3.8) is 0 Å². The standard InChI is InChI=1S/C12H19NO2/c1-5-6-10-14-11(2)15-12(3,4)8-7-9-13/h11H,5-6,10H2,1-4H3. The minimum absolute atomic E-state index is 0.292. The molecule has 0 aromatic carbocycles. The Labute approximate surface area is 92.4 Å². The summed E-state index contributed by atoms with van der Waals surface area (Å²) >= 11 is 0. The minimum atomic E-state index is -0.638. The Morgan fingerprint density at radius 1 is 1.40 bits per heavy atom. The molecule has 0 aromatic rings. The molecule has 0 radical (unpaired) electrons. The molecule has 0 aliphatic carbocycles. The zero-order chi connectivity index (χ0) is 11.7. The molecule has 0 aromatic heterocycles. The van der Waals surface area contributed by atoms with Crippen molar-refractivity contribution in [2.75, 3.05) is 6.61 Å². The largest absolute Gasteiger partial charge is 0.353 e. The zero-order valence-electron chi connectivity index (χ0n) is 9.96. The molecule has 0 N–H and O–H groups in total. The van der Waals surface area contributed by atoms with E-state index in [1.54, 1.807) is 6.07 Å². The van der Waals surface area contributed by atoms with Gasteiger partial charge in [-0.15, -0.1) is 0 Å². The Morgan fingerprint density at radius 3 is 2.60 bits per heavy atom. The second-order valence-corrected chi connectivity index (χ2v) is 3.78. The Hall–Kier alpha value is -1.03. The Morgan fingerprint density at radius 2 is 2.07 bits per heavy atom. The number of hydrogen-bond acceptors (Lipinski definition) is 3. The van der Waals surface area contributed by atoms with Crippen molar-refractivity contribution in [3.05, 3.63) is 0 Å². The minimum Gasteiger partial charge on any atom is -0.353 e. The van der Waals surface area contributed by atoms with Crippen molar-refractivity contribution in [2.45, 2.75) is 52.4 Å². The highest BCUT2D eigenvalue weighted by molar-refractivity contribution is 5.22. The first-order chi connectivity index (χ1) is 7.02. The third-order valence-corrected chi connectivity index (χ3v) is 1.73. The molecule has 3 heteroatoms. The maximum atomic E-state index is 8.33. The van der Waals surface area contributed by atoms with Gasteiger partial charge in [-0.3, -0.25) is 0 Å². The molecule has 0 bridgehead atoms. The lowest BCUT2D eigenvalue weighted by Crippen LogP contribution is -2.29. The molecule has 0 aliphatic heterocycles. The van der Waals surface area contributed by atoms with Crippen molar-refractivity contribution < 1.29 is 9.47 Å². The molecular weight excluding hydrogens is 190 g/mol. The van der Waals surface area contributed by atoms with Gasteiger partial charge in [-0.25, -0.2) is 0 Å². The van der Waals surface area contributed by atoms with Crippen LogP contribution < -0.4 is 0 Å². The van der Waals surface area contributed by atoms with Crippen LogP contribution in [0.3, 0.4) is 0 Å². The summed E-state index contributed by atoms with van der Waals surface area (Å²) in [6.07, 6.45) is 1.84. The molecule has 1 unspecified atom stereocenters. The summed E-state index contributed by atoms with van der Waals surface area (Å²) in [4.78, 5) is 0. The molecule has 0 fully saturated rings. The number of rotatable bonds is 6. The van der Waals surface area contributed by atoms with Gasteiger partial charge in [-0.2, -0.15) is 5.26 Å². The number of hydrogen-bond donors (Lipinski definition) is 0. The highest BCUT2D eigenvalue weighted by Crippen LogP contribution is 2.11. The topological polar surface area (TPSA) is 42.2 Å². The molecule has 15 heavy (non-hydrogen) atoms. The molecule has 1 atom stereocenters. The van der Waals surface area contributed by atoms with E-state index in [0.717, 1.165) is 12.8 Å². The Kier molecular flexibility index (Phi) is 6.79. The van der Waals surface area contributed by atoms with Gasteiger partial charge in [-0.1, -0.05) is 19.3 Å². The number of unbranched alkanes of at least 4 members (excludes halogenated alkanes) is 1. The van der Waals surface area contributed by atoms with Crippen LogP contribution in [0.4, 0.5) is 0 Å². The van der Waals surface area contributed by atoms with E-state index in [2.05, 4.69) is 18.8 Å². The Balaban J connectivity index is 3.94. The molecule has 0 amide bonds. The summed E-state index contributed by atoms with van der Waals surface area (Å²) in [7, 11) is 0. The molecule has 0 spiro atoms. The monoisotopic (exact) mass is 209 g/mol. The number of ether oxygens (including phenoxy) is 2. The predicted octanol–water partition coefficient (Wildman–Crippen LogP) is 2.47. The SMILES string of the molecule is CCCCOC(C)OC(C)(C)C#CC#N. The first-order valence-corrected chi connectivity index (χ1v) is 5.22. The van der Waals surface area contributed by atoms with Crippen LogP contribution in [0.2, 0.25) is 0 Å². The number of nitrogens with zero attached hydrogens (tertiary/aromatic N) is 1. The van der Waals surface area contributed by atoms with E-state index in [1.165, 1.54) is 0 Å². The quantitative estimate of drug-likeness (QED) is 0.383. The van der Waals surface area contributed by atoms with E-state index < -0.39 is 5.60 Å². The van der Waals surface area contributed by atoms with Crippen LogP contribution in [0.25, 0.3) is 0 Å². The Bertz CT molecular complexity index is 268. The van der Waals surface area contributed by atoms with Crippen molar-refractivity contribution >= 4 is 0 Å². The van der Waals surface area contributed by atoms with Gasteiger partial charge in [0.25, 0.3) is 0 Å². The lowest BCUT2D eigenvalue weighted by atomic mass is 10.1. The van der Waals surface area contributed by atoms with Gasteiger partial charge < -0.3 is 9.47 Å². The molecule has 3 nitrogen and oxygen atoms in total. The van der Waals surface area contributed by atoms with Gasteiger partial charge in [0.15, 0.2) is 12.4 Å². The lowest BCUT2D eigenvalue weighted by Gasteiger charge is -2.23. The summed E-state index contributed by atoms with van der Waals surface area (Å²) in [6.45, 7) is 8.27. The maximum Gasteiger partial charge on any atom is 0.156 e. The fourth-order valence-electron chi connectivity index (χ4n) is 1.05. The van der Waals surface area contributed by atoms with Gasteiger partial charge in [0.05, 0.1) is 0 Å². The van der Waals surface area contributed by atoms with Crippen LogP contribution in [0.5, 0.6) is 0 Å². The molecule has 0 saturated carbocycles. The molecule has 0 aliphatic rings. The third-order valence-electron chi connectivity index (χ3n) is 1.73. The van der Waals surface area contributed by atoms with Crippen LogP contribution in [0.1, 0.15) is 40.5 Å². The van der Waals surface area contributed by atoms with Gasteiger partial charge in [-0.05, 0) is 27.2 Å². The molecule has 84 valence electrons. The maximum absolute atomic E-state index is 8.33.